The van der Waals surface area contributed by atoms with Gasteiger partial charge in [-0.25, -0.2) is 4.79 Å². The van der Waals surface area contributed by atoms with Crippen LogP contribution in [0.2, 0.25) is 5.02 Å². The molecule has 3 amide bonds. The molecular formula is C16H14ClN3O2. The Morgan fingerprint density at radius 2 is 1.86 bits per heavy atom. The molecule has 112 valence electrons. The molecule has 0 aliphatic carbocycles. The van der Waals surface area contributed by atoms with E-state index in [2.05, 4.69) is 16.0 Å². The van der Waals surface area contributed by atoms with Crippen molar-refractivity contribution >= 4 is 34.9 Å². The van der Waals surface area contributed by atoms with E-state index >= 15 is 0 Å². The number of urea groups is 1. The highest BCUT2D eigenvalue weighted by molar-refractivity contribution is 6.30. The second kappa shape index (κ2) is 6.07. The molecule has 22 heavy (non-hydrogen) atoms. The maximum Gasteiger partial charge on any atom is 0.323 e. The van der Waals surface area contributed by atoms with Crippen LogP contribution in [0.25, 0.3) is 0 Å². The minimum absolute atomic E-state index is 0.111. The van der Waals surface area contributed by atoms with Gasteiger partial charge in [0.25, 0.3) is 5.91 Å². The SMILES string of the molecule is O=C(Nc1cccc(Cl)c1)Nc1ccc2c(c1)C(=O)NCC2. The highest BCUT2D eigenvalue weighted by Gasteiger charge is 2.17. The molecule has 0 atom stereocenters. The average Bonchev–Trinajstić information content (AvgIpc) is 2.48. The first-order valence-corrected chi connectivity index (χ1v) is 7.24. The van der Waals surface area contributed by atoms with Gasteiger partial charge in [-0.05, 0) is 42.3 Å². The van der Waals surface area contributed by atoms with Gasteiger partial charge in [0.1, 0.15) is 0 Å². The largest absolute Gasteiger partial charge is 0.352 e. The second-order valence-electron chi connectivity index (χ2n) is 4.97. The van der Waals surface area contributed by atoms with Gasteiger partial charge in [0, 0.05) is 28.5 Å². The number of rotatable bonds is 2. The number of amides is 3. The Balaban J connectivity index is 1.72. The van der Waals surface area contributed by atoms with Crippen molar-refractivity contribution < 1.29 is 9.59 Å². The van der Waals surface area contributed by atoms with Crippen molar-refractivity contribution in [3.8, 4) is 0 Å². The topological polar surface area (TPSA) is 70.2 Å². The Kier molecular flexibility index (Phi) is 3.98. The molecule has 0 spiro atoms. The third-order valence-corrected chi connectivity index (χ3v) is 3.61. The summed E-state index contributed by atoms with van der Waals surface area (Å²) in [7, 11) is 0. The molecule has 2 aromatic carbocycles. The number of fused-ring (bicyclic) bond motifs is 1. The predicted octanol–water partition coefficient (Wildman–Crippen LogP) is 3.27. The highest BCUT2D eigenvalue weighted by atomic mass is 35.5. The fourth-order valence-electron chi connectivity index (χ4n) is 2.35. The van der Waals surface area contributed by atoms with Gasteiger partial charge in [0.15, 0.2) is 0 Å². The van der Waals surface area contributed by atoms with Crippen LogP contribution in [0.1, 0.15) is 15.9 Å². The molecule has 0 saturated carbocycles. The summed E-state index contributed by atoms with van der Waals surface area (Å²) in [5.41, 5.74) is 2.76. The molecule has 1 aliphatic heterocycles. The monoisotopic (exact) mass is 315 g/mol. The molecule has 6 heteroatoms. The summed E-state index contributed by atoms with van der Waals surface area (Å²) in [4.78, 5) is 23.8. The second-order valence-corrected chi connectivity index (χ2v) is 5.40. The van der Waals surface area contributed by atoms with Gasteiger partial charge in [0.05, 0.1) is 0 Å². The van der Waals surface area contributed by atoms with E-state index in [0.29, 0.717) is 28.5 Å². The zero-order chi connectivity index (χ0) is 15.5. The van der Waals surface area contributed by atoms with Crippen molar-refractivity contribution in [3.63, 3.8) is 0 Å². The fraction of sp³-hybridized carbons (Fsp3) is 0.125. The normalized spacial score (nSPS) is 13.0. The van der Waals surface area contributed by atoms with Crippen molar-refractivity contribution in [3.05, 3.63) is 58.6 Å². The molecule has 0 unspecified atom stereocenters. The first kappa shape index (κ1) is 14.4. The maximum atomic E-state index is 12.0. The van der Waals surface area contributed by atoms with Crippen LogP contribution in [0, 0.1) is 0 Å². The third kappa shape index (κ3) is 3.20. The van der Waals surface area contributed by atoms with E-state index in [1.165, 1.54) is 0 Å². The van der Waals surface area contributed by atoms with E-state index < -0.39 is 6.03 Å². The molecule has 1 heterocycles. The summed E-state index contributed by atoms with van der Waals surface area (Å²) in [5.74, 6) is -0.111. The minimum atomic E-state index is -0.390. The molecule has 1 aliphatic rings. The Labute approximate surface area is 132 Å². The van der Waals surface area contributed by atoms with E-state index in [1.807, 2.05) is 6.07 Å². The van der Waals surface area contributed by atoms with Gasteiger partial charge in [0.2, 0.25) is 0 Å². The number of carbonyl (C=O) groups excluding carboxylic acids is 2. The standard InChI is InChI=1S/C16H14ClN3O2/c17-11-2-1-3-12(8-11)19-16(22)20-13-5-4-10-6-7-18-15(21)14(10)9-13/h1-5,8-9H,6-7H2,(H,18,21)(H2,19,20,22). The molecule has 0 bridgehead atoms. The van der Waals surface area contributed by atoms with Crippen molar-refractivity contribution in [1.82, 2.24) is 5.32 Å². The molecule has 0 fully saturated rings. The number of hydrogen-bond acceptors (Lipinski definition) is 2. The lowest BCUT2D eigenvalue weighted by molar-refractivity contribution is 0.0946. The van der Waals surface area contributed by atoms with Crippen LogP contribution in [0.15, 0.2) is 42.5 Å². The number of carbonyl (C=O) groups is 2. The van der Waals surface area contributed by atoms with Crippen LogP contribution in [0.4, 0.5) is 16.2 Å². The lowest BCUT2D eigenvalue weighted by Gasteiger charge is -2.17. The van der Waals surface area contributed by atoms with Gasteiger partial charge in [-0.1, -0.05) is 23.7 Å². The van der Waals surface area contributed by atoms with Crippen molar-refractivity contribution in [2.45, 2.75) is 6.42 Å². The Morgan fingerprint density at radius 3 is 2.64 bits per heavy atom. The first-order valence-electron chi connectivity index (χ1n) is 6.86. The van der Waals surface area contributed by atoms with Gasteiger partial charge < -0.3 is 16.0 Å². The predicted molar refractivity (Wildman–Crippen MR) is 86.6 cm³/mol. The van der Waals surface area contributed by atoms with Crippen molar-refractivity contribution in [2.24, 2.45) is 0 Å². The smallest absolute Gasteiger partial charge is 0.323 e. The van der Waals surface area contributed by atoms with Crippen LogP contribution in [-0.2, 0) is 6.42 Å². The molecule has 0 saturated heterocycles. The fourth-order valence-corrected chi connectivity index (χ4v) is 2.54. The van der Waals surface area contributed by atoms with Crippen LogP contribution in [-0.4, -0.2) is 18.5 Å². The molecule has 5 nitrogen and oxygen atoms in total. The first-order chi connectivity index (χ1) is 10.6. The maximum absolute atomic E-state index is 12.0. The number of halogens is 1. The van der Waals surface area contributed by atoms with Gasteiger partial charge in [-0.15, -0.1) is 0 Å². The zero-order valence-corrected chi connectivity index (χ0v) is 12.4. The molecule has 0 radical (unpaired) electrons. The van der Waals surface area contributed by atoms with Gasteiger partial charge >= 0.3 is 6.03 Å². The Hall–Kier alpha value is -2.53. The van der Waals surface area contributed by atoms with Crippen LogP contribution in [0.3, 0.4) is 0 Å². The number of nitrogens with one attached hydrogen (secondary N) is 3. The van der Waals surface area contributed by atoms with Crippen molar-refractivity contribution in [2.75, 3.05) is 17.2 Å². The van der Waals surface area contributed by atoms with Crippen molar-refractivity contribution in [1.29, 1.82) is 0 Å². The van der Waals surface area contributed by atoms with E-state index in [4.69, 9.17) is 11.6 Å². The Morgan fingerprint density at radius 1 is 1.09 bits per heavy atom. The highest BCUT2D eigenvalue weighted by Crippen LogP contribution is 2.20. The molecule has 2 aromatic rings. The van der Waals surface area contributed by atoms with Gasteiger partial charge in [-0.2, -0.15) is 0 Å². The number of anilines is 2. The summed E-state index contributed by atoms with van der Waals surface area (Å²) in [6.07, 6.45) is 0.802. The van der Waals surface area contributed by atoms with Crippen LogP contribution >= 0.6 is 11.6 Å². The number of benzene rings is 2. The van der Waals surface area contributed by atoms with Crippen LogP contribution < -0.4 is 16.0 Å². The average molecular weight is 316 g/mol. The molecule has 3 rings (SSSR count). The quantitative estimate of drug-likeness (QED) is 0.796. The van der Waals surface area contributed by atoms with Crippen LogP contribution in [0.5, 0.6) is 0 Å². The molecule has 3 N–H and O–H groups in total. The molecule has 0 aromatic heterocycles. The van der Waals surface area contributed by atoms with E-state index in [9.17, 15) is 9.59 Å². The Bertz CT molecular complexity index is 746. The minimum Gasteiger partial charge on any atom is -0.352 e. The van der Waals surface area contributed by atoms with E-state index in [1.54, 1.807) is 36.4 Å². The third-order valence-electron chi connectivity index (χ3n) is 3.37. The lowest BCUT2D eigenvalue weighted by atomic mass is 10.00. The lowest BCUT2D eigenvalue weighted by Crippen LogP contribution is -2.32. The zero-order valence-electron chi connectivity index (χ0n) is 11.7. The van der Waals surface area contributed by atoms with Gasteiger partial charge in [-0.3, -0.25) is 4.79 Å². The summed E-state index contributed by atoms with van der Waals surface area (Å²) < 4.78 is 0. The molecular weight excluding hydrogens is 302 g/mol. The van der Waals surface area contributed by atoms with E-state index in [-0.39, 0.29) is 5.91 Å². The summed E-state index contributed by atoms with van der Waals surface area (Å²) >= 11 is 5.87. The summed E-state index contributed by atoms with van der Waals surface area (Å²) in [6, 6.07) is 11.8. The summed E-state index contributed by atoms with van der Waals surface area (Å²) in [5, 5.41) is 8.72. The number of hydrogen-bond donors (Lipinski definition) is 3. The summed E-state index contributed by atoms with van der Waals surface area (Å²) in [6.45, 7) is 0.647. The van der Waals surface area contributed by atoms with E-state index in [0.717, 1.165) is 12.0 Å².